The summed E-state index contributed by atoms with van der Waals surface area (Å²) in [7, 11) is 0. The molecule has 202 valence electrons. The van der Waals surface area contributed by atoms with E-state index in [4.69, 9.17) is 31.7 Å². The van der Waals surface area contributed by atoms with E-state index in [9.17, 15) is 9.90 Å². The fourth-order valence-electron chi connectivity index (χ4n) is 5.67. The van der Waals surface area contributed by atoms with Gasteiger partial charge in [-0.3, -0.25) is 10.7 Å². The number of halogens is 1. The molecule has 0 radical (unpaired) electrons. The molecule has 3 heterocycles. The maximum absolute atomic E-state index is 11.3. The van der Waals surface area contributed by atoms with Crippen molar-refractivity contribution in [2.24, 2.45) is 11.8 Å². The van der Waals surface area contributed by atoms with Crippen molar-refractivity contribution in [1.82, 2.24) is 24.8 Å². The van der Waals surface area contributed by atoms with Crippen molar-refractivity contribution in [3.63, 3.8) is 0 Å². The molecule has 2 fully saturated rings. The van der Waals surface area contributed by atoms with Crippen molar-refractivity contribution < 1.29 is 14.6 Å². The van der Waals surface area contributed by atoms with Crippen LogP contribution in [0.4, 0.5) is 10.7 Å². The van der Waals surface area contributed by atoms with Crippen LogP contribution < -0.4 is 10.2 Å². The van der Waals surface area contributed by atoms with Gasteiger partial charge < -0.3 is 19.3 Å². The monoisotopic (exact) mass is 539 g/mol. The molecule has 3 N–H and O–H groups in total. The van der Waals surface area contributed by atoms with Crippen LogP contribution in [0, 0.1) is 17.2 Å². The number of fused-ring (bicyclic) bond motifs is 1. The number of amidine groups is 1. The van der Waals surface area contributed by atoms with E-state index < -0.39 is 11.9 Å². The van der Waals surface area contributed by atoms with E-state index in [-0.39, 0.29) is 17.9 Å². The van der Waals surface area contributed by atoms with E-state index in [0.29, 0.717) is 35.5 Å². The first kappa shape index (κ1) is 26.4. The molecule has 0 unspecified atom stereocenters. The number of nitrogens with one attached hydrogen (secondary N) is 2. The van der Waals surface area contributed by atoms with Gasteiger partial charge in [-0.25, -0.2) is 14.8 Å². The van der Waals surface area contributed by atoms with Gasteiger partial charge >= 0.3 is 6.09 Å². The van der Waals surface area contributed by atoms with Crippen LogP contribution in [0.15, 0.2) is 24.3 Å². The van der Waals surface area contributed by atoms with Gasteiger partial charge in [-0.05, 0) is 50.7 Å². The quantitative estimate of drug-likeness (QED) is 0.301. The lowest BCUT2D eigenvalue weighted by atomic mass is 9.83. The number of benzene rings is 1. The highest BCUT2D eigenvalue weighted by molar-refractivity contribution is 6.30. The van der Waals surface area contributed by atoms with E-state index in [2.05, 4.69) is 40.5 Å². The maximum atomic E-state index is 11.3. The molecule has 2 aliphatic rings. The second-order valence-corrected chi connectivity index (χ2v) is 11.1. The Labute approximate surface area is 226 Å². The number of nitrogens with zero attached hydrogens (tertiary/aromatic N) is 5. The molecule has 2 atom stereocenters. The highest BCUT2D eigenvalue weighted by atomic mass is 35.5. The van der Waals surface area contributed by atoms with Crippen LogP contribution >= 0.6 is 11.6 Å². The van der Waals surface area contributed by atoms with Crippen LogP contribution in [0.1, 0.15) is 52.3 Å². The molecule has 1 aliphatic carbocycles. The standard InChI is InChI=1S/C27H34ClN7O3/c1-15-7-9-18(10-8-15)12-34-22-21(19-5-4-6-20(28)11-19)30-25(23(29)31-27(36)37)32-24(22)33-26(34)35-16(2)13-38-14-17(35)3/h4-6,11,15-18H,7-10,12-14H2,1-3H3,(H2,29,31)(H,36,37)/t15?,16-,17+,18?. The normalized spacial score (nSPS) is 23.9. The molecule has 1 amide bonds. The number of aromatic nitrogens is 4. The molecule has 1 aliphatic heterocycles. The third-order valence-corrected chi connectivity index (χ3v) is 7.85. The molecule has 2 aromatic heterocycles. The molecular formula is C27H34ClN7O3. The summed E-state index contributed by atoms with van der Waals surface area (Å²) in [5.74, 6) is 1.58. The molecule has 3 aromatic rings. The van der Waals surface area contributed by atoms with Gasteiger partial charge in [0.25, 0.3) is 0 Å². The average molecular weight is 540 g/mol. The Balaban J connectivity index is 1.73. The summed E-state index contributed by atoms with van der Waals surface area (Å²) in [5.41, 5.74) is 2.51. The molecule has 11 heteroatoms. The van der Waals surface area contributed by atoms with Crippen LogP contribution in [-0.2, 0) is 11.3 Å². The largest absolute Gasteiger partial charge is 0.465 e. The Morgan fingerprint density at radius 3 is 2.50 bits per heavy atom. The first-order valence-corrected chi connectivity index (χ1v) is 13.6. The number of hydrogen-bond donors (Lipinski definition) is 3. The summed E-state index contributed by atoms with van der Waals surface area (Å²) < 4.78 is 8.04. The molecule has 5 rings (SSSR count). The predicted molar refractivity (Wildman–Crippen MR) is 147 cm³/mol. The lowest BCUT2D eigenvalue weighted by Crippen LogP contribution is -2.51. The Hall–Kier alpha value is -3.24. The Bertz CT molecular complexity index is 1340. The van der Waals surface area contributed by atoms with Gasteiger partial charge in [0.2, 0.25) is 5.95 Å². The SMILES string of the molecule is CC1CCC(Cn2c(N3[C@H](C)COC[C@@H]3C)nc3nc(C(=N)NC(=O)O)nc(-c4cccc(Cl)c4)c32)CC1. The molecular weight excluding hydrogens is 506 g/mol. The highest BCUT2D eigenvalue weighted by Crippen LogP contribution is 2.36. The lowest BCUT2D eigenvalue weighted by molar-refractivity contribution is 0.0741. The fraction of sp³-hybridized carbons (Fsp3) is 0.519. The van der Waals surface area contributed by atoms with Crippen LogP contribution in [0.5, 0.6) is 0 Å². The van der Waals surface area contributed by atoms with Crippen LogP contribution in [0.25, 0.3) is 22.4 Å². The second kappa shape index (κ2) is 10.9. The zero-order valence-electron chi connectivity index (χ0n) is 21.9. The number of anilines is 1. The van der Waals surface area contributed by atoms with Gasteiger partial charge in [-0.15, -0.1) is 0 Å². The zero-order chi connectivity index (χ0) is 27.0. The minimum Gasteiger partial charge on any atom is -0.465 e. The summed E-state index contributed by atoms with van der Waals surface area (Å²) in [5, 5.41) is 20.1. The van der Waals surface area contributed by atoms with Crippen molar-refractivity contribution in [2.45, 2.75) is 65.1 Å². The zero-order valence-corrected chi connectivity index (χ0v) is 22.7. The van der Waals surface area contributed by atoms with E-state index in [1.807, 2.05) is 18.2 Å². The predicted octanol–water partition coefficient (Wildman–Crippen LogP) is 5.18. The van der Waals surface area contributed by atoms with Gasteiger partial charge in [0, 0.05) is 17.1 Å². The van der Waals surface area contributed by atoms with Crippen molar-refractivity contribution in [1.29, 1.82) is 5.41 Å². The lowest BCUT2D eigenvalue weighted by Gasteiger charge is -2.40. The van der Waals surface area contributed by atoms with Crippen LogP contribution in [-0.4, -0.2) is 61.9 Å². The van der Waals surface area contributed by atoms with E-state index >= 15 is 0 Å². The Kier molecular flexibility index (Phi) is 7.54. The summed E-state index contributed by atoms with van der Waals surface area (Å²) in [6.45, 7) is 8.54. The van der Waals surface area contributed by atoms with Gasteiger partial charge in [-0.2, -0.15) is 4.98 Å². The van der Waals surface area contributed by atoms with E-state index in [0.717, 1.165) is 42.3 Å². The van der Waals surface area contributed by atoms with Crippen molar-refractivity contribution in [3.8, 4) is 11.3 Å². The number of morpholine rings is 1. The summed E-state index contributed by atoms with van der Waals surface area (Å²) in [6.07, 6.45) is 3.35. The first-order chi connectivity index (χ1) is 18.2. The number of carbonyl (C=O) groups is 1. The number of rotatable bonds is 5. The molecule has 38 heavy (non-hydrogen) atoms. The third-order valence-electron chi connectivity index (χ3n) is 7.61. The summed E-state index contributed by atoms with van der Waals surface area (Å²) in [4.78, 5) is 27.9. The molecule has 10 nitrogen and oxygen atoms in total. The van der Waals surface area contributed by atoms with Gasteiger partial charge in [0.05, 0.1) is 25.3 Å². The molecule has 0 bridgehead atoms. The van der Waals surface area contributed by atoms with E-state index in [1.165, 1.54) is 12.8 Å². The Morgan fingerprint density at radius 1 is 1.13 bits per heavy atom. The number of hydrogen-bond acceptors (Lipinski definition) is 7. The van der Waals surface area contributed by atoms with Crippen molar-refractivity contribution in [2.75, 3.05) is 18.1 Å². The number of ether oxygens (including phenoxy) is 1. The van der Waals surface area contributed by atoms with Gasteiger partial charge in [0.1, 0.15) is 11.2 Å². The minimum absolute atomic E-state index is 0.0411. The number of carboxylic acid groups (broad SMARTS) is 1. The van der Waals surface area contributed by atoms with Gasteiger partial charge in [-0.1, -0.05) is 43.5 Å². The average Bonchev–Trinajstić information content (AvgIpc) is 3.22. The summed E-state index contributed by atoms with van der Waals surface area (Å²) >= 11 is 6.37. The number of amides is 1. The van der Waals surface area contributed by atoms with Crippen molar-refractivity contribution >= 4 is 40.6 Å². The molecule has 1 aromatic carbocycles. The maximum Gasteiger partial charge on any atom is 0.410 e. The minimum atomic E-state index is -1.35. The second-order valence-electron chi connectivity index (χ2n) is 10.7. The van der Waals surface area contributed by atoms with Gasteiger partial charge in [0.15, 0.2) is 17.3 Å². The first-order valence-electron chi connectivity index (χ1n) is 13.2. The van der Waals surface area contributed by atoms with E-state index in [1.54, 1.807) is 6.07 Å². The topological polar surface area (TPSA) is 129 Å². The molecule has 1 saturated heterocycles. The molecule has 0 spiro atoms. The highest BCUT2D eigenvalue weighted by Gasteiger charge is 2.33. The summed E-state index contributed by atoms with van der Waals surface area (Å²) in [6, 6.07) is 7.58. The fourth-order valence-corrected chi connectivity index (χ4v) is 5.86. The smallest absolute Gasteiger partial charge is 0.410 e. The Morgan fingerprint density at radius 2 is 1.84 bits per heavy atom. The van der Waals surface area contributed by atoms with Crippen LogP contribution in [0.3, 0.4) is 0 Å². The molecule has 1 saturated carbocycles. The number of imidazole rings is 1. The van der Waals surface area contributed by atoms with Crippen molar-refractivity contribution in [3.05, 3.63) is 35.1 Å². The third kappa shape index (κ3) is 5.33. The van der Waals surface area contributed by atoms with Crippen LogP contribution in [0.2, 0.25) is 5.02 Å².